The summed E-state index contributed by atoms with van der Waals surface area (Å²) in [7, 11) is 0. The summed E-state index contributed by atoms with van der Waals surface area (Å²) in [5, 5.41) is 5.52. The second-order valence-corrected chi connectivity index (χ2v) is 9.06. The van der Waals surface area contributed by atoms with Gasteiger partial charge in [-0.1, -0.05) is 6.42 Å². The number of benzene rings is 1. The average molecular weight is 475 g/mol. The van der Waals surface area contributed by atoms with Gasteiger partial charge in [0.05, 0.1) is 12.2 Å². The Morgan fingerprint density at radius 3 is 1.88 bits per heavy atom. The molecule has 1 aliphatic rings. The zero-order valence-electron chi connectivity index (χ0n) is 21.1. The van der Waals surface area contributed by atoms with Crippen molar-refractivity contribution in [3.63, 3.8) is 0 Å². The van der Waals surface area contributed by atoms with Crippen molar-refractivity contribution in [2.75, 3.05) is 17.2 Å². The molecule has 0 bridgehead atoms. The predicted octanol–water partition coefficient (Wildman–Crippen LogP) is 5.12. The molecule has 2 rings (SSSR count). The van der Waals surface area contributed by atoms with Gasteiger partial charge >= 0.3 is 11.9 Å². The highest BCUT2D eigenvalue weighted by Gasteiger charge is 2.24. The van der Waals surface area contributed by atoms with E-state index in [2.05, 4.69) is 10.6 Å². The van der Waals surface area contributed by atoms with Gasteiger partial charge in [0.25, 0.3) is 0 Å². The third-order valence-corrected chi connectivity index (χ3v) is 6.16. The molecule has 8 heteroatoms. The maximum Gasteiger partial charge on any atom is 0.338 e. The molecular formula is C26H38N2O6. The van der Waals surface area contributed by atoms with E-state index >= 15 is 0 Å². The first-order valence-electron chi connectivity index (χ1n) is 12.2. The van der Waals surface area contributed by atoms with Crippen LogP contribution in [0.2, 0.25) is 0 Å². The Bertz CT molecular complexity index is 875. The number of ether oxygens (including phenoxy) is 2. The molecule has 2 N–H and O–H groups in total. The van der Waals surface area contributed by atoms with Crippen molar-refractivity contribution in [1.82, 2.24) is 0 Å². The van der Waals surface area contributed by atoms with Crippen LogP contribution in [0.1, 0.15) is 98.7 Å². The van der Waals surface area contributed by atoms with Gasteiger partial charge in [0, 0.05) is 31.6 Å². The Hall–Kier alpha value is -2.90. The lowest BCUT2D eigenvalue weighted by Crippen LogP contribution is -2.20. The van der Waals surface area contributed by atoms with E-state index in [-0.39, 0.29) is 30.5 Å². The summed E-state index contributed by atoms with van der Waals surface area (Å²) in [5.74, 6) is -1.20. The van der Waals surface area contributed by atoms with E-state index in [0.717, 1.165) is 32.1 Å². The number of hydrogen-bond donors (Lipinski definition) is 2. The van der Waals surface area contributed by atoms with Crippen LogP contribution < -0.4 is 10.6 Å². The molecule has 0 unspecified atom stereocenters. The lowest BCUT2D eigenvalue weighted by atomic mass is 9.94. The van der Waals surface area contributed by atoms with Crippen LogP contribution in [0.25, 0.3) is 0 Å². The Labute approximate surface area is 202 Å². The summed E-state index contributed by atoms with van der Waals surface area (Å²) in [4.78, 5) is 48.3. The standard InChI is InChI=1S/C26H38N2O6/c1-16-23(17(2)25(28-20(5)30)18(3)24(16)27-19(4)29)26(32)33-15-11-7-10-14-22(31)34-21-12-8-6-9-13-21/h21H,6-15H2,1-5H3,(H,27,29)(H,28,30). The topological polar surface area (TPSA) is 111 Å². The largest absolute Gasteiger partial charge is 0.462 e. The van der Waals surface area contributed by atoms with E-state index in [4.69, 9.17) is 9.47 Å². The summed E-state index contributed by atoms with van der Waals surface area (Å²) >= 11 is 0. The van der Waals surface area contributed by atoms with Gasteiger partial charge in [-0.3, -0.25) is 14.4 Å². The number of unbranched alkanes of at least 4 members (excludes halogenated alkanes) is 2. The van der Waals surface area contributed by atoms with Crippen LogP contribution in [0.15, 0.2) is 0 Å². The zero-order chi connectivity index (χ0) is 25.3. The number of carbonyl (C=O) groups excluding carboxylic acids is 4. The second kappa shape index (κ2) is 13.1. The maximum atomic E-state index is 12.9. The number of carbonyl (C=O) groups is 4. The first-order valence-corrected chi connectivity index (χ1v) is 12.2. The number of hydrogen-bond acceptors (Lipinski definition) is 6. The molecule has 0 spiro atoms. The molecule has 0 aromatic heterocycles. The molecule has 0 radical (unpaired) electrons. The Morgan fingerprint density at radius 1 is 0.794 bits per heavy atom. The fraction of sp³-hybridized carbons (Fsp3) is 0.615. The van der Waals surface area contributed by atoms with Crippen LogP contribution in [0.5, 0.6) is 0 Å². The molecule has 1 saturated carbocycles. The fourth-order valence-electron chi connectivity index (χ4n) is 4.47. The SMILES string of the molecule is CC(=O)Nc1c(C)c(NC(C)=O)c(C)c(C(=O)OCCCCCC(=O)OC2CCCCC2)c1C. The summed E-state index contributed by atoms with van der Waals surface area (Å²) < 4.78 is 11.0. The minimum absolute atomic E-state index is 0.0768. The molecule has 1 fully saturated rings. The highest BCUT2D eigenvalue weighted by molar-refractivity contribution is 6.03. The molecule has 2 amide bonds. The Morgan fingerprint density at radius 2 is 1.35 bits per heavy atom. The van der Waals surface area contributed by atoms with E-state index in [9.17, 15) is 19.2 Å². The second-order valence-electron chi connectivity index (χ2n) is 9.06. The number of amides is 2. The van der Waals surface area contributed by atoms with Crippen molar-refractivity contribution in [2.24, 2.45) is 0 Å². The van der Waals surface area contributed by atoms with E-state index in [1.54, 1.807) is 20.8 Å². The number of rotatable bonds is 10. The number of anilines is 2. The number of nitrogens with one attached hydrogen (secondary N) is 2. The highest BCUT2D eigenvalue weighted by Crippen LogP contribution is 2.35. The van der Waals surface area contributed by atoms with Crippen LogP contribution >= 0.6 is 0 Å². The highest BCUT2D eigenvalue weighted by atomic mass is 16.5. The molecule has 0 saturated heterocycles. The third kappa shape index (κ3) is 7.85. The van der Waals surface area contributed by atoms with Crippen LogP contribution in [0, 0.1) is 20.8 Å². The Kier molecular flexibility index (Phi) is 10.5. The van der Waals surface area contributed by atoms with E-state index in [0.29, 0.717) is 52.9 Å². The van der Waals surface area contributed by atoms with Gasteiger partial charge in [0.2, 0.25) is 11.8 Å². The van der Waals surface area contributed by atoms with Gasteiger partial charge in [0.15, 0.2) is 0 Å². The van der Waals surface area contributed by atoms with Crippen molar-refractivity contribution in [3.05, 3.63) is 22.3 Å². The summed E-state index contributed by atoms with van der Waals surface area (Å²) in [6.07, 6.45) is 7.91. The fourth-order valence-corrected chi connectivity index (χ4v) is 4.47. The molecule has 0 aliphatic heterocycles. The summed E-state index contributed by atoms with van der Waals surface area (Å²) in [5.41, 5.74) is 3.17. The van der Waals surface area contributed by atoms with Gasteiger partial charge in [-0.05, 0) is 82.4 Å². The van der Waals surface area contributed by atoms with Crippen molar-refractivity contribution in [1.29, 1.82) is 0 Å². The predicted molar refractivity (Wildman–Crippen MR) is 131 cm³/mol. The molecule has 1 aliphatic carbocycles. The van der Waals surface area contributed by atoms with Crippen LogP contribution in [-0.4, -0.2) is 36.5 Å². The van der Waals surface area contributed by atoms with Crippen molar-refractivity contribution in [2.45, 2.75) is 98.5 Å². The quantitative estimate of drug-likeness (QED) is 0.360. The minimum atomic E-state index is -0.509. The van der Waals surface area contributed by atoms with E-state index in [1.807, 2.05) is 0 Å². The molecule has 0 atom stereocenters. The number of esters is 2. The van der Waals surface area contributed by atoms with Crippen LogP contribution in [0.4, 0.5) is 11.4 Å². The molecule has 0 heterocycles. The third-order valence-electron chi connectivity index (χ3n) is 6.16. The van der Waals surface area contributed by atoms with Crippen molar-refractivity contribution >= 4 is 35.1 Å². The lowest BCUT2D eigenvalue weighted by Gasteiger charge is -2.22. The molecular weight excluding hydrogens is 436 g/mol. The van der Waals surface area contributed by atoms with E-state index < -0.39 is 5.97 Å². The van der Waals surface area contributed by atoms with Crippen molar-refractivity contribution < 1.29 is 28.7 Å². The molecule has 34 heavy (non-hydrogen) atoms. The van der Waals surface area contributed by atoms with Crippen molar-refractivity contribution in [3.8, 4) is 0 Å². The summed E-state index contributed by atoms with van der Waals surface area (Å²) in [6.45, 7) is 8.27. The summed E-state index contributed by atoms with van der Waals surface area (Å²) in [6, 6.07) is 0. The smallest absolute Gasteiger partial charge is 0.338 e. The average Bonchev–Trinajstić information content (AvgIpc) is 2.77. The van der Waals surface area contributed by atoms with Crippen LogP contribution in [0.3, 0.4) is 0 Å². The maximum absolute atomic E-state index is 12.9. The Balaban J connectivity index is 1.92. The normalized spacial score (nSPS) is 13.8. The molecule has 1 aromatic rings. The van der Waals surface area contributed by atoms with Gasteiger partial charge in [-0.15, -0.1) is 0 Å². The van der Waals surface area contributed by atoms with Gasteiger partial charge in [0.1, 0.15) is 6.10 Å². The van der Waals surface area contributed by atoms with Gasteiger partial charge < -0.3 is 20.1 Å². The monoisotopic (exact) mass is 474 g/mol. The minimum Gasteiger partial charge on any atom is -0.462 e. The lowest BCUT2D eigenvalue weighted by molar-refractivity contribution is -0.150. The first kappa shape index (κ1) is 27.3. The van der Waals surface area contributed by atoms with Gasteiger partial charge in [-0.2, -0.15) is 0 Å². The molecule has 8 nitrogen and oxygen atoms in total. The van der Waals surface area contributed by atoms with Gasteiger partial charge in [-0.25, -0.2) is 4.79 Å². The van der Waals surface area contributed by atoms with E-state index in [1.165, 1.54) is 20.3 Å². The molecule has 188 valence electrons. The molecule has 1 aromatic carbocycles. The first-order chi connectivity index (χ1) is 16.1. The van der Waals surface area contributed by atoms with Crippen LogP contribution in [-0.2, 0) is 23.9 Å². The zero-order valence-corrected chi connectivity index (χ0v) is 21.1.